The summed E-state index contributed by atoms with van der Waals surface area (Å²) in [6.45, 7) is 4.05. The predicted molar refractivity (Wildman–Crippen MR) is 109 cm³/mol. The van der Waals surface area contributed by atoms with Crippen LogP contribution in [-0.4, -0.2) is 48.4 Å². The van der Waals surface area contributed by atoms with Gasteiger partial charge in [-0.25, -0.2) is 4.39 Å². The van der Waals surface area contributed by atoms with Crippen molar-refractivity contribution in [1.29, 1.82) is 0 Å². The molecule has 0 spiro atoms. The molecule has 0 saturated carbocycles. The van der Waals surface area contributed by atoms with Crippen LogP contribution in [0.15, 0.2) is 48.5 Å². The van der Waals surface area contributed by atoms with Crippen LogP contribution < -0.4 is 4.74 Å². The van der Waals surface area contributed by atoms with Crippen LogP contribution in [0.4, 0.5) is 4.39 Å². The molecular formula is C23H27FN2O3. The number of ether oxygens (including phenoxy) is 1. The molecule has 1 aliphatic heterocycles. The monoisotopic (exact) mass is 398 g/mol. The quantitative estimate of drug-likeness (QED) is 0.745. The maximum absolute atomic E-state index is 13.1. The number of carbonyl (C=O) groups excluding carboxylic acids is 2. The summed E-state index contributed by atoms with van der Waals surface area (Å²) in [5.41, 5.74) is 1.45. The summed E-state index contributed by atoms with van der Waals surface area (Å²) in [6.07, 6.45) is 1.26. The molecule has 1 saturated heterocycles. The molecule has 2 amide bonds. The van der Waals surface area contributed by atoms with Gasteiger partial charge in [0.15, 0.2) is 0 Å². The standard InChI is InChI=1S/C23H27FN2O3/c1-3-29-21-7-5-4-6-19(21)16-25(2)22(27)18-12-14-26(15-13-18)23(28)17-8-10-20(24)11-9-17/h4-11,18H,3,12-16H2,1-2H3. The Kier molecular flexibility index (Phi) is 6.86. The molecule has 2 aromatic carbocycles. The Hall–Kier alpha value is -2.89. The van der Waals surface area contributed by atoms with Crippen LogP contribution in [0.25, 0.3) is 0 Å². The molecule has 0 bridgehead atoms. The fourth-order valence-corrected chi connectivity index (χ4v) is 3.68. The van der Waals surface area contributed by atoms with Crippen LogP contribution in [-0.2, 0) is 11.3 Å². The lowest BCUT2D eigenvalue weighted by atomic mass is 9.94. The van der Waals surface area contributed by atoms with Gasteiger partial charge in [0.25, 0.3) is 5.91 Å². The first-order chi connectivity index (χ1) is 14.0. The second-order valence-electron chi connectivity index (χ2n) is 7.31. The van der Waals surface area contributed by atoms with Gasteiger partial charge < -0.3 is 14.5 Å². The number of benzene rings is 2. The minimum atomic E-state index is -0.361. The second-order valence-corrected chi connectivity index (χ2v) is 7.31. The molecule has 0 atom stereocenters. The van der Waals surface area contributed by atoms with Gasteiger partial charge in [-0.05, 0) is 50.1 Å². The summed E-state index contributed by atoms with van der Waals surface area (Å²) in [5.74, 6) is 0.311. The van der Waals surface area contributed by atoms with Gasteiger partial charge in [0.05, 0.1) is 6.61 Å². The maximum atomic E-state index is 13.1. The Morgan fingerprint density at radius 2 is 1.76 bits per heavy atom. The van der Waals surface area contributed by atoms with Gasteiger partial charge >= 0.3 is 0 Å². The highest BCUT2D eigenvalue weighted by Gasteiger charge is 2.29. The molecule has 0 aliphatic carbocycles. The number of likely N-dealkylation sites (tertiary alicyclic amines) is 1. The average Bonchev–Trinajstić information content (AvgIpc) is 2.75. The van der Waals surface area contributed by atoms with Crippen molar-refractivity contribution < 1.29 is 18.7 Å². The Morgan fingerprint density at radius 3 is 2.41 bits per heavy atom. The molecule has 3 rings (SSSR count). The van der Waals surface area contributed by atoms with Gasteiger partial charge in [-0.1, -0.05) is 18.2 Å². The summed E-state index contributed by atoms with van der Waals surface area (Å²) in [5, 5.41) is 0. The predicted octanol–water partition coefficient (Wildman–Crippen LogP) is 3.74. The third-order valence-electron chi connectivity index (χ3n) is 5.28. The van der Waals surface area contributed by atoms with Crippen molar-refractivity contribution in [2.45, 2.75) is 26.3 Å². The van der Waals surface area contributed by atoms with Crippen molar-refractivity contribution >= 4 is 11.8 Å². The Balaban J connectivity index is 1.55. The van der Waals surface area contributed by atoms with Crippen LogP contribution in [0.1, 0.15) is 35.7 Å². The Bertz CT molecular complexity index is 845. The number of halogens is 1. The zero-order chi connectivity index (χ0) is 20.8. The van der Waals surface area contributed by atoms with Gasteiger partial charge in [0.1, 0.15) is 11.6 Å². The Labute approximate surface area is 171 Å². The van der Waals surface area contributed by atoms with E-state index < -0.39 is 0 Å². The number of hydrogen-bond donors (Lipinski definition) is 0. The van der Waals surface area contributed by atoms with E-state index >= 15 is 0 Å². The minimum Gasteiger partial charge on any atom is -0.494 e. The van der Waals surface area contributed by atoms with E-state index in [4.69, 9.17) is 4.74 Å². The molecule has 6 heteroatoms. The molecule has 0 unspecified atom stereocenters. The number of hydrogen-bond acceptors (Lipinski definition) is 3. The van der Waals surface area contributed by atoms with Gasteiger partial charge in [0.2, 0.25) is 5.91 Å². The highest BCUT2D eigenvalue weighted by molar-refractivity contribution is 5.94. The zero-order valence-electron chi connectivity index (χ0n) is 16.9. The largest absolute Gasteiger partial charge is 0.494 e. The van der Waals surface area contributed by atoms with Crippen molar-refractivity contribution in [2.75, 3.05) is 26.7 Å². The average molecular weight is 398 g/mol. The van der Waals surface area contributed by atoms with Gasteiger partial charge in [-0.3, -0.25) is 9.59 Å². The van der Waals surface area contributed by atoms with Crippen LogP contribution in [0, 0.1) is 11.7 Å². The first kappa shape index (κ1) is 20.8. The second kappa shape index (κ2) is 9.54. The molecule has 0 aromatic heterocycles. The molecule has 2 aromatic rings. The van der Waals surface area contributed by atoms with Crippen molar-refractivity contribution in [2.24, 2.45) is 5.92 Å². The normalized spacial score (nSPS) is 14.5. The molecule has 29 heavy (non-hydrogen) atoms. The van der Waals surface area contributed by atoms with Crippen molar-refractivity contribution in [1.82, 2.24) is 9.80 Å². The van der Waals surface area contributed by atoms with Gasteiger partial charge in [-0.15, -0.1) is 0 Å². The molecule has 0 N–H and O–H groups in total. The fourth-order valence-electron chi connectivity index (χ4n) is 3.68. The van der Waals surface area contributed by atoms with E-state index in [0.717, 1.165) is 11.3 Å². The fraction of sp³-hybridized carbons (Fsp3) is 0.391. The van der Waals surface area contributed by atoms with Crippen molar-refractivity contribution in [3.05, 3.63) is 65.5 Å². The lowest BCUT2D eigenvalue weighted by molar-refractivity contribution is -0.136. The molecule has 0 radical (unpaired) electrons. The summed E-state index contributed by atoms with van der Waals surface area (Å²) < 4.78 is 18.7. The third kappa shape index (κ3) is 5.13. The highest BCUT2D eigenvalue weighted by atomic mass is 19.1. The van der Waals surface area contributed by atoms with E-state index in [2.05, 4.69) is 0 Å². The minimum absolute atomic E-state index is 0.0881. The van der Waals surface area contributed by atoms with E-state index in [1.807, 2.05) is 31.2 Å². The molecule has 154 valence electrons. The van der Waals surface area contributed by atoms with E-state index in [-0.39, 0.29) is 23.5 Å². The van der Waals surface area contributed by atoms with E-state index in [9.17, 15) is 14.0 Å². The molecular weight excluding hydrogens is 371 g/mol. The van der Waals surface area contributed by atoms with E-state index in [1.165, 1.54) is 24.3 Å². The van der Waals surface area contributed by atoms with Gasteiger partial charge in [0, 0.05) is 43.7 Å². The number of piperidine rings is 1. The number of rotatable bonds is 6. The summed E-state index contributed by atoms with van der Waals surface area (Å²) >= 11 is 0. The SMILES string of the molecule is CCOc1ccccc1CN(C)C(=O)C1CCN(C(=O)c2ccc(F)cc2)CC1. The zero-order valence-corrected chi connectivity index (χ0v) is 16.9. The summed E-state index contributed by atoms with van der Waals surface area (Å²) in [4.78, 5) is 28.9. The van der Waals surface area contributed by atoms with Crippen LogP contribution >= 0.6 is 0 Å². The number of para-hydroxylation sites is 1. The van der Waals surface area contributed by atoms with E-state index in [1.54, 1.807) is 16.8 Å². The lowest BCUT2D eigenvalue weighted by Gasteiger charge is -2.33. The molecule has 5 nitrogen and oxygen atoms in total. The van der Waals surface area contributed by atoms with Gasteiger partial charge in [-0.2, -0.15) is 0 Å². The molecule has 1 fully saturated rings. The van der Waals surface area contributed by atoms with Crippen LogP contribution in [0.2, 0.25) is 0 Å². The van der Waals surface area contributed by atoms with Crippen molar-refractivity contribution in [3.63, 3.8) is 0 Å². The van der Waals surface area contributed by atoms with E-state index in [0.29, 0.717) is 44.6 Å². The topological polar surface area (TPSA) is 49.9 Å². The molecule has 1 aliphatic rings. The van der Waals surface area contributed by atoms with Crippen LogP contribution in [0.5, 0.6) is 5.75 Å². The first-order valence-corrected chi connectivity index (χ1v) is 10.00. The highest BCUT2D eigenvalue weighted by Crippen LogP contribution is 2.24. The smallest absolute Gasteiger partial charge is 0.253 e. The maximum Gasteiger partial charge on any atom is 0.253 e. The lowest BCUT2D eigenvalue weighted by Crippen LogP contribution is -2.43. The number of carbonyl (C=O) groups is 2. The number of amides is 2. The third-order valence-corrected chi connectivity index (χ3v) is 5.28. The molecule has 1 heterocycles. The number of nitrogens with zero attached hydrogens (tertiary/aromatic N) is 2. The summed E-state index contributed by atoms with van der Waals surface area (Å²) in [6, 6.07) is 13.3. The van der Waals surface area contributed by atoms with Crippen molar-refractivity contribution in [3.8, 4) is 5.75 Å². The Morgan fingerprint density at radius 1 is 1.10 bits per heavy atom. The first-order valence-electron chi connectivity index (χ1n) is 10.00. The van der Waals surface area contributed by atoms with Crippen LogP contribution in [0.3, 0.4) is 0 Å². The summed E-state index contributed by atoms with van der Waals surface area (Å²) in [7, 11) is 1.81.